The summed E-state index contributed by atoms with van der Waals surface area (Å²) in [6, 6.07) is 7.12. The first kappa shape index (κ1) is 27.1. The molecule has 0 unspecified atom stereocenters. The average molecular weight is 578 g/mol. The summed E-state index contributed by atoms with van der Waals surface area (Å²) in [5.41, 5.74) is 1.31. The first-order chi connectivity index (χ1) is 18.0. The molecule has 7 nitrogen and oxygen atoms in total. The fraction of sp³-hybridized carbons (Fsp3) is 0.407. The molecule has 0 bridgehead atoms. The molecule has 3 aliphatic rings. The number of halogens is 3. The van der Waals surface area contributed by atoms with E-state index in [-0.39, 0.29) is 16.9 Å². The molecule has 1 fully saturated rings. The van der Waals surface area contributed by atoms with E-state index in [1.807, 2.05) is 38.7 Å². The van der Waals surface area contributed by atoms with Gasteiger partial charge in [-0.05, 0) is 67.2 Å². The number of carbonyl (C=O) groups is 2. The van der Waals surface area contributed by atoms with Crippen LogP contribution >= 0.6 is 35.0 Å². The zero-order valence-corrected chi connectivity index (χ0v) is 23.6. The number of aromatic nitrogens is 1. The lowest BCUT2D eigenvalue weighted by molar-refractivity contribution is -0.158. The fourth-order valence-electron chi connectivity index (χ4n) is 5.33. The van der Waals surface area contributed by atoms with Gasteiger partial charge < -0.3 is 15.0 Å². The van der Waals surface area contributed by atoms with Crippen molar-refractivity contribution in [1.29, 1.82) is 0 Å². The molecule has 38 heavy (non-hydrogen) atoms. The minimum absolute atomic E-state index is 0.0159. The van der Waals surface area contributed by atoms with Crippen molar-refractivity contribution in [3.05, 3.63) is 74.3 Å². The number of rotatable bonds is 5. The first-order valence-electron chi connectivity index (χ1n) is 12.4. The van der Waals surface area contributed by atoms with Gasteiger partial charge in [-0.3, -0.25) is 0 Å². The van der Waals surface area contributed by atoms with Crippen LogP contribution < -0.4 is 5.32 Å². The van der Waals surface area contributed by atoms with Gasteiger partial charge in [0.2, 0.25) is 0 Å². The summed E-state index contributed by atoms with van der Waals surface area (Å²) >= 11 is 13.4. The van der Waals surface area contributed by atoms with E-state index < -0.39 is 35.4 Å². The van der Waals surface area contributed by atoms with Crippen molar-refractivity contribution in [1.82, 2.24) is 15.2 Å². The van der Waals surface area contributed by atoms with Crippen molar-refractivity contribution in [2.45, 2.75) is 51.7 Å². The maximum absolute atomic E-state index is 14.2. The van der Waals surface area contributed by atoms with E-state index in [0.717, 1.165) is 12.0 Å². The number of benzene rings is 1. The average Bonchev–Trinajstić information content (AvgIpc) is 3.53. The standard InChI is InChI=1S/C27H27Cl2FN4O3S/c1-13(2)21-22(25(36)37-24(35)20-14(3)9-10-31-20)38-26-33-27(4,16-6-8-19(29)32-12-16)23(34(21)26)15-5-7-18(30)17(28)11-15/h5-8,11-14,20,23,31H,9-10H2,1-4H3/t14-,20+,23-,27+/m1/s1. The SMILES string of the molecule is CC(C)C1=C(C(=O)OC(=O)[C@H]2NCC[C@H]2C)SC2=N[C@@](C)(c3ccc(Cl)nc3)[C@@H](c3ccc(F)c(Cl)c3)N21. The lowest BCUT2D eigenvalue weighted by Gasteiger charge is -2.37. The Kier molecular flexibility index (Phi) is 7.32. The second kappa shape index (κ2) is 10.3. The van der Waals surface area contributed by atoms with Gasteiger partial charge in [-0.15, -0.1) is 0 Å². The van der Waals surface area contributed by atoms with Gasteiger partial charge in [-0.2, -0.15) is 0 Å². The van der Waals surface area contributed by atoms with Crippen LogP contribution in [0.3, 0.4) is 0 Å². The Balaban J connectivity index is 1.57. The molecule has 0 saturated carbocycles. The van der Waals surface area contributed by atoms with E-state index in [9.17, 15) is 14.0 Å². The fourth-order valence-corrected chi connectivity index (χ4v) is 6.92. The Labute approximate surface area is 234 Å². The Hall–Kier alpha value is -2.46. The number of fused-ring (bicyclic) bond motifs is 1. The van der Waals surface area contributed by atoms with Crippen molar-refractivity contribution < 1.29 is 18.7 Å². The predicted molar refractivity (Wildman–Crippen MR) is 146 cm³/mol. The number of ether oxygens (including phenoxy) is 1. The molecule has 1 saturated heterocycles. The number of aliphatic imine (C=N–C) groups is 1. The Morgan fingerprint density at radius 2 is 2.03 bits per heavy atom. The van der Waals surface area contributed by atoms with Gasteiger partial charge in [0.05, 0.1) is 11.1 Å². The van der Waals surface area contributed by atoms with Crippen molar-refractivity contribution in [2.24, 2.45) is 16.8 Å². The van der Waals surface area contributed by atoms with Crippen molar-refractivity contribution in [2.75, 3.05) is 6.54 Å². The molecule has 1 N–H and O–H groups in total. The molecule has 4 atom stereocenters. The summed E-state index contributed by atoms with van der Waals surface area (Å²) in [6.07, 6.45) is 2.51. The maximum Gasteiger partial charge on any atom is 0.354 e. The molecule has 3 aliphatic heterocycles. The molecule has 2 aromatic rings. The minimum atomic E-state index is -0.865. The molecular weight excluding hydrogens is 550 g/mol. The topological polar surface area (TPSA) is 83.9 Å². The highest BCUT2D eigenvalue weighted by Crippen LogP contribution is 2.56. The summed E-state index contributed by atoms with van der Waals surface area (Å²) in [7, 11) is 0. The second-order valence-corrected chi connectivity index (χ2v) is 12.0. The van der Waals surface area contributed by atoms with Crippen molar-refractivity contribution >= 4 is 52.1 Å². The van der Waals surface area contributed by atoms with Crippen LogP contribution in [0.4, 0.5) is 4.39 Å². The van der Waals surface area contributed by atoms with Crippen LogP contribution in [0, 0.1) is 17.7 Å². The number of thioether (sulfide) groups is 1. The smallest absolute Gasteiger partial charge is 0.354 e. The van der Waals surface area contributed by atoms with Crippen molar-refractivity contribution in [3.8, 4) is 0 Å². The summed E-state index contributed by atoms with van der Waals surface area (Å²) in [5, 5.41) is 4.01. The zero-order chi connectivity index (χ0) is 27.4. The molecule has 1 aromatic heterocycles. The number of esters is 2. The molecule has 0 radical (unpaired) electrons. The second-order valence-electron chi connectivity index (χ2n) is 10.2. The molecule has 5 rings (SSSR count). The van der Waals surface area contributed by atoms with Crippen LogP contribution in [0.15, 0.2) is 52.1 Å². The molecule has 4 heterocycles. The molecular formula is C27H27Cl2FN4O3S. The third-order valence-electron chi connectivity index (χ3n) is 7.29. The quantitative estimate of drug-likeness (QED) is 0.272. The lowest BCUT2D eigenvalue weighted by Crippen LogP contribution is -2.38. The van der Waals surface area contributed by atoms with E-state index >= 15 is 0 Å². The highest BCUT2D eigenvalue weighted by molar-refractivity contribution is 8.18. The number of hydrogen-bond acceptors (Lipinski definition) is 8. The minimum Gasteiger partial charge on any atom is -0.388 e. The van der Waals surface area contributed by atoms with Crippen molar-refractivity contribution in [3.63, 3.8) is 0 Å². The van der Waals surface area contributed by atoms with Crippen LogP contribution in [0.25, 0.3) is 0 Å². The Morgan fingerprint density at radius 1 is 1.26 bits per heavy atom. The van der Waals surface area contributed by atoms with Gasteiger partial charge in [0.15, 0.2) is 5.17 Å². The Morgan fingerprint density at radius 3 is 2.63 bits per heavy atom. The highest BCUT2D eigenvalue weighted by Gasteiger charge is 2.53. The number of amidine groups is 1. The summed E-state index contributed by atoms with van der Waals surface area (Å²) in [6.45, 7) is 8.54. The number of allylic oxidation sites excluding steroid dienone is 1. The van der Waals surface area contributed by atoms with Crippen LogP contribution in [0.5, 0.6) is 0 Å². The monoisotopic (exact) mass is 576 g/mol. The number of nitrogens with zero attached hydrogens (tertiary/aromatic N) is 3. The zero-order valence-electron chi connectivity index (χ0n) is 21.3. The molecule has 0 spiro atoms. The highest BCUT2D eigenvalue weighted by atomic mass is 35.5. The van der Waals surface area contributed by atoms with Gasteiger partial charge in [-0.25, -0.2) is 24.0 Å². The van der Waals surface area contributed by atoms with E-state index in [2.05, 4.69) is 10.3 Å². The number of hydrogen-bond donors (Lipinski definition) is 1. The first-order valence-corrected chi connectivity index (χ1v) is 14.0. The van der Waals surface area contributed by atoms with Crippen LogP contribution in [0.1, 0.15) is 51.3 Å². The summed E-state index contributed by atoms with van der Waals surface area (Å²) < 4.78 is 19.5. The van der Waals surface area contributed by atoms with Gasteiger partial charge in [0.1, 0.15) is 27.5 Å². The largest absolute Gasteiger partial charge is 0.388 e. The van der Waals surface area contributed by atoms with Crippen LogP contribution in [0.2, 0.25) is 10.2 Å². The van der Waals surface area contributed by atoms with E-state index in [0.29, 0.717) is 33.0 Å². The van der Waals surface area contributed by atoms with Gasteiger partial charge in [-0.1, -0.05) is 56.1 Å². The number of carbonyl (C=O) groups excluding carboxylic acids is 2. The molecule has 200 valence electrons. The van der Waals surface area contributed by atoms with Gasteiger partial charge in [0, 0.05) is 17.5 Å². The summed E-state index contributed by atoms with van der Waals surface area (Å²) in [4.78, 5) is 37.7. The molecule has 11 heteroatoms. The van der Waals surface area contributed by atoms with Crippen LogP contribution in [-0.4, -0.2) is 39.6 Å². The normalized spacial score (nSPS) is 26.7. The predicted octanol–water partition coefficient (Wildman–Crippen LogP) is 5.84. The Bertz CT molecular complexity index is 1370. The van der Waals surface area contributed by atoms with Gasteiger partial charge >= 0.3 is 11.9 Å². The van der Waals surface area contributed by atoms with Crippen LogP contribution in [-0.2, 0) is 19.9 Å². The molecule has 0 amide bonds. The number of pyridine rings is 1. The van der Waals surface area contributed by atoms with Gasteiger partial charge in [0.25, 0.3) is 0 Å². The number of nitrogens with one attached hydrogen (secondary N) is 1. The van der Waals surface area contributed by atoms with E-state index in [1.54, 1.807) is 24.4 Å². The molecule has 1 aromatic carbocycles. The third-order valence-corrected chi connectivity index (χ3v) is 8.86. The molecule has 0 aliphatic carbocycles. The van der Waals surface area contributed by atoms with E-state index in [4.69, 9.17) is 32.9 Å². The van der Waals surface area contributed by atoms with E-state index in [1.165, 1.54) is 17.8 Å². The third kappa shape index (κ3) is 4.63. The lowest BCUT2D eigenvalue weighted by atomic mass is 9.81. The summed E-state index contributed by atoms with van der Waals surface area (Å²) in [5.74, 6) is -1.85. The maximum atomic E-state index is 14.2.